The van der Waals surface area contributed by atoms with Crippen molar-refractivity contribution in [3.05, 3.63) is 70.2 Å². The van der Waals surface area contributed by atoms with Crippen LogP contribution in [-0.2, 0) is 21.7 Å². The van der Waals surface area contributed by atoms with Gasteiger partial charge in [0.05, 0.1) is 12.1 Å². The third-order valence-corrected chi connectivity index (χ3v) is 5.41. The number of rotatable bonds is 3. The molecule has 2 aliphatic heterocycles. The number of nitrogens with one attached hydrogen (secondary N) is 1. The minimum absolute atomic E-state index is 0.200. The number of halogens is 1. The van der Waals surface area contributed by atoms with E-state index >= 15 is 0 Å². The Bertz CT molecular complexity index is 770. The molecule has 5 nitrogen and oxygen atoms in total. The van der Waals surface area contributed by atoms with Crippen molar-refractivity contribution in [2.45, 2.75) is 12.1 Å². The number of ether oxygens (including phenoxy) is 1. The zero-order chi connectivity index (χ0) is 17.3. The zero-order valence-corrected chi connectivity index (χ0v) is 15.2. The molecule has 0 spiro atoms. The zero-order valence-electron chi connectivity index (χ0n) is 13.7. The Morgan fingerprint density at radius 3 is 2.92 bits per heavy atom. The average Bonchev–Trinajstić information content (AvgIpc) is 3.19. The Kier molecular flexibility index (Phi) is 4.50. The van der Waals surface area contributed by atoms with Gasteiger partial charge in [-0.1, -0.05) is 58.4 Å². The summed E-state index contributed by atoms with van der Waals surface area (Å²) in [7, 11) is 0. The number of likely N-dealkylation sites (tertiary alicyclic amines) is 1. The Balaban J connectivity index is 1.48. The van der Waals surface area contributed by atoms with Gasteiger partial charge in [0.2, 0.25) is 0 Å². The summed E-state index contributed by atoms with van der Waals surface area (Å²) in [6.07, 6.45) is -0.283. The van der Waals surface area contributed by atoms with Crippen LogP contribution >= 0.6 is 15.9 Å². The molecule has 0 aromatic heterocycles. The van der Waals surface area contributed by atoms with E-state index in [9.17, 15) is 4.79 Å². The van der Waals surface area contributed by atoms with Gasteiger partial charge in [-0.15, -0.1) is 0 Å². The van der Waals surface area contributed by atoms with E-state index in [0.29, 0.717) is 19.7 Å². The summed E-state index contributed by atoms with van der Waals surface area (Å²) >= 11 is 3.52. The summed E-state index contributed by atoms with van der Waals surface area (Å²) < 4.78 is 6.50. The van der Waals surface area contributed by atoms with Gasteiger partial charge in [0.25, 0.3) is 0 Å². The number of amides is 1. The summed E-state index contributed by atoms with van der Waals surface area (Å²) in [5.41, 5.74) is 4.88. The highest BCUT2D eigenvalue weighted by molar-refractivity contribution is 9.10. The van der Waals surface area contributed by atoms with E-state index < -0.39 is 0 Å². The molecule has 130 valence electrons. The maximum Gasteiger partial charge on any atom is 0.410 e. The van der Waals surface area contributed by atoms with Crippen LogP contribution in [0, 0.1) is 5.92 Å². The van der Waals surface area contributed by atoms with E-state index in [0.717, 1.165) is 15.6 Å². The number of hydrogen-bond donors (Lipinski definition) is 1. The van der Waals surface area contributed by atoms with Crippen LogP contribution in [0.5, 0.6) is 0 Å². The van der Waals surface area contributed by atoms with Crippen LogP contribution in [0.25, 0.3) is 0 Å². The number of benzene rings is 2. The molecule has 0 aliphatic carbocycles. The Morgan fingerprint density at radius 1 is 1.28 bits per heavy atom. The maximum absolute atomic E-state index is 12.5. The number of fused-ring (bicyclic) bond motifs is 1. The third kappa shape index (κ3) is 3.17. The maximum atomic E-state index is 12.5. The molecule has 0 radical (unpaired) electrons. The largest absolute Gasteiger partial charge is 0.445 e. The third-order valence-electron chi connectivity index (χ3n) is 4.92. The molecule has 2 heterocycles. The van der Waals surface area contributed by atoms with Gasteiger partial charge in [-0.2, -0.15) is 5.48 Å². The van der Waals surface area contributed by atoms with Crippen molar-refractivity contribution in [3.63, 3.8) is 0 Å². The number of hydroxylamine groups is 1. The number of hydrogen-bond acceptors (Lipinski definition) is 4. The van der Waals surface area contributed by atoms with E-state index in [1.54, 1.807) is 4.90 Å². The number of carbonyl (C=O) groups excluding carboxylic acids is 1. The summed E-state index contributed by atoms with van der Waals surface area (Å²) in [6.45, 7) is 2.01. The highest BCUT2D eigenvalue weighted by Crippen LogP contribution is 2.41. The quantitative estimate of drug-likeness (QED) is 0.853. The van der Waals surface area contributed by atoms with Crippen LogP contribution in [0.15, 0.2) is 59.1 Å². The Labute approximate surface area is 155 Å². The van der Waals surface area contributed by atoms with Gasteiger partial charge >= 0.3 is 6.09 Å². The first-order valence-corrected chi connectivity index (χ1v) is 9.07. The van der Waals surface area contributed by atoms with Crippen molar-refractivity contribution in [2.24, 2.45) is 5.92 Å². The lowest BCUT2D eigenvalue weighted by Gasteiger charge is -2.28. The molecular weight excluding hydrogens is 384 g/mol. The van der Waals surface area contributed by atoms with E-state index in [2.05, 4.69) is 33.5 Å². The van der Waals surface area contributed by atoms with Crippen LogP contribution in [-0.4, -0.2) is 30.7 Å². The fourth-order valence-electron chi connectivity index (χ4n) is 3.60. The fourth-order valence-corrected chi connectivity index (χ4v) is 4.00. The van der Waals surface area contributed by atoms with Crippen molar-refractivity contribution in [1.29, 1.82) is 0 Å². The van der Waals surface area contributed by atoms with E-state index in [1.165, 1.54) is 0 Å². The molecule has 6 heteroatoms. The first-order valence-electron chi connectivity index (χ1n) is 8.28. The van der Waals surface area contributed by atoms with Gasteiger partial charge in [-0.25, -0.2) is 4.79 Å². The normalized spacial score (nSPS) is 25.0. The van der Waals surface area contributed by atoms with Crippen LogP contribution < -0.4 is 5.48 Å². The molecule has 2 fully saturated rings. The van der Waals surface area contributed by atoms with E-state index in [1.807, 2.05) is 42.5 Å². The van der Waals surface area contributed by atoms with Crippen LogP contribution in [0.4, 0.5) is 4.79 Å². The number of nitrogens with zero attached hydrogens (tertiary/aromatic N) is 1. The molecule has 2 saturated heterocycles. The molecule has 2 atom stereocenters. The second-order valence-corrected chi connectivity index (χ2v) is 7.43. The van der Waals surface area contributed by atoms with Crippen molar-refractivity contribution in [1.82, 2.24) is 10.4 Å². The monoisotopic (exact) mass is 402 g/mol. The fraction of sp³-hybridized carbons (Fsp3) is 0.316. The first kappa shape index (κ1) is 16.6. The lowest BCUT2D eigenvalue weighted by molar-refractivity contribution is 0.0426. The molecule has 4 rings (SSSR count). The Hall–Kier alpha value is -1.89. The van der Waals surface area contributed by atoms with Crippen molar-refractivity contribution in [3.8, 4) is 0 Å². The SMILES string of the molecule is O=C(OCc1ccccc1)N1C[C@@H]2CON[C@]2(c2cccc(Br)c2)C1. The molecule has 2 aromatic rings. The lowest BCUT2D eigenvalue weighted by atomic mass is 9.83. The smallest absolute Gasteiger partial charge is 0.410 e. The van der Waals surface area contributed by atoms with E-state index in [-0.39, 0.29) is 24.2 Å². The van der Waals surface area contributed by atoms with E-state index in [4.69, 9.17) is 9.57 Å². The highest BCUT2D eigenvalue weighted by atomic mass is 79.9. The average molecular weight is 403 g/mol. The van der Waals surface area contributed by atoms with Gasteiger partial charge in [-0.3, -0.25) is 0 Å². The molecule has 25 heavy (non-hydrogen) atoms. The van der Waals surface area contributed by atoms with Gasteiger partial charge < -0.3 is 14.5 Å². The van der Waals surface area contributed by atoms with Crippen LogP contribution in [0.1, 0.15) is 11.1 Å². The minimum atomic E-state index is -0.379. The van der Waals surface area contributed by atoms with Gasteiger partial charge in [0.1, 0.15) is 6.61 Å². The van der Waals surface area contributed by atoms with Gasteiger partial charge in [-0.05, 0) is 23.3 Å². The van der Waals surface area contributed by atoms with Gasteiger partial charge in [0.15, 0.2) is 0 Å². The summed E-state index contributed by atoms with van der Waals surface area (Å²) in [5, 5.41) is 0. The highest BCUT2D eigenvalue weighted by Gasteiger charge is 2.53. The standard InChI is InChI=1S/C19H19BrN2O3/c20-17-8-4-7-15(9-17)19-13-22(10-16(19)12-25-21-19)18(23)24-11-14-5-2-1-3-6-14/h1-9,16,21H,10-13H2/t16-,19+/m1/s1. The molecule has 0 saturated carbocycles. The van der Waals surface area contributed by atoms with Crippen molar-refractivity contribution >= 4 is 22.0 Å². The summed E-state index contributed by atoms with van der Waals surface area (Å²) in [6, 6.07) is 17.9. The first-order chi connectivity index (χ1) is 12.2. The molecule has 1 N–H and O–H groups in total. The topological polar surface area (TPSA) is 50.8 Å². The van der Waals surface area contributed by atoms with Gasteiger partial charge in [0, 0.05) is 23.5 Å². The molecule has 1 amide bonds. The molecule has 2 aliphatic rings. The summed E-state index contributed by atoms with van der Waals surface area (Å²) in [5.74, 6) is 0.200. The molecule has 2 aromatic carbocycles. The second-order valence-electron chi connectivity index (χ2n) is 6.51. The lowest BCUT2D eigenvalue weighted by Crippen LogP contribution is -2.44. The summed E-state index contributed by atoms with van der Waals surface area (Å²) in [4.78, 5) is 19.8. The molecule has 0 bridgehead atoms. The second kappa shape index (κ2) is 6.78. The number of carbonyl (C=O) groups is 1. The van der Waals surface area contributed by atoms with Crippen LogP contribution in [0.2, 0.25) is 0 Å². The Morgan fingerprint density at radius 2 is 2.12 bits per heavy atom. The van der Waals surface area contributed by atoms with Crippen molar-refractivity contribution < 1.29 is 14.4 Å². The molecule has 0 unspecified atom stereocenters. The minimum Gasteiger partial charge on any atom is -0.445 e. The predicted octanol–water partition coefficient (Wildman–Crippen LogP) is 3.45. The van der Waals surface area contributed by atoms with Crippen molar-refractivity contribution in [2.75, 3.05) is 19.7 Å². The predicted molar refractivity (Wildman–Crippen MR) is 96.6 cm³/mol. The van der Waals surface area contributed by atoms with Crippen LogP contribution in [0.3, 0.4) is 0 Å². The molecular formula is C19H19BrN2O3.